The standard InChI is InChI=1S/C23H21N3O4/c1-29-18-13-11-16(12-14-18)22(27)25-20-9-5-4-8-19(20)23(28)26-24-15-17-7-3-6-10-21(17)30-2/h3-15H,1-2H3,(H,25,27)(H,26,28). The average Bonchev–Trinajstić information content (AvgIpc) is 2.79. The van der Waals surface area contributed by atoms with Crippen LogP contribution in [-0.4, -0.2) is 32.2 Å². The van der Waals surface area contributed by atoms with Gasteiger partial charge < -0.3 is 14.8 Å². The van der Waals surface area contributed by atoms with E-state index in [0.717, 1.165) is 5.56 Å². The first kappa shape index (κ1) is 20.6. The van der Waals surface area contributed by atoms with Crippen LogP contribution in [0, 0.1) is 0 Å². The van der Waals surface area contributed by atoms with Crippen molar-refractivity contribution >= 4 is 23.7 Å². The van der Waals surface area contributed by atoms with E-state index in [2.05, 4.69) is 15.8 Å². The Labute approximate surface area is 174 Å². The highest BCUT2D eigenvalue weighted by atomic mass is 16.5. The van der Waals surface area contributed by atoms with Crippen molar-refractivity contribution in [1.29, 1.82) is 0 Å². The number of hydrazone groups is 1. The second-order valence-electron chi connectivity index (χ2n) is 6.17. The number of methoxy groups -OCH3 is 2. The predicted molar refractivity (Wildman–Crippen MR) is 115 cm³/mol. The molecule has 0 atom stereocenters. The largest absolute Gasteiger partial charge is 0.497 e. The van der Waals surface area contributed by atoms with Crippen LogP contribution < -0.4 is 20.2 Å². The van der Waals surface area contributed by atoms with Gasteiger partial charge in [0.1, 0.15) is 11.5 Å². The zero-order chi connectivity index (χ0) is 21.3. The number of carbonyl (C=O) groups excluding carboxylic acids is 2. The third-order valence-corrected chi connectivity index (χ3v) is 4.28. The summed E-state index contributed by atoms with van der Waals surface area (Å²) < 4.78 is 10.3. The minimum atomic E-state index is -0.452. The van der Waals surface area contributed by atoms with Crippen molar-refractivity contribution in [2.45, 2.75) is 0 Å². The van der Waals surface area contributed by atoms with Crippen LogP contribution in [0.5, 0.6) is 11.5 Å². The van der Waals surface area contributed by atoms with E-state index in [4.69, 9.17) is 9.47 Å². The molecule has 0 unspecified atom stereocenters. The molecule has 0 fully saturated rings. The molecule has 0 radical (unpaired) electrons. The molecule has 0 aliphatic heterocycles. The Morgan fingerprint density at radius 3 is 2.27 bits per heavy atom. The number of para-hydroxylation sites is 2. The fourth-order valence-corrected chi connectivity index (χ4v) is 2.72. The summed E-state index contributed by atoms with van der Waals surface area (Å²) in [5, 5.41) is 6.75. The lowest BCUT2D eigenvalue weighted by atomic mass is 10.1. The van der Waals surface area contributed by atoms with Crippen molar-refractivity contribution in [3.63, 3.8) is 0 Å². The number of ether oxygens (including phenoxy) is 2. The van der Waals surface area contributed by atoms with Gasteiger partial charge in [0.2, 0.25) is 0 Å². The first-order valence-corrected chi connectivity index (χ1v) is 9.13. The molecule has 0 heterocycles. The molecule has 0 spiro atoms. The molecule has 7 heteroatoms. The second-order valence-corrected chi connectivity index (χ2v) is 6.17. The van der Waals surface area contributed by atoms with Gasteiger partial charge in [0.15, 0.2) is 0 Å². The normalized spacial score (nSPS) is 10.5. The van der Waals surface area contributed by atoms with E-state index < -0.39 is 5.91 Å². The molecule has 0 saturated heterocycles. The summed E-state index contributed by atoms with van der Waals surface area (Å²) in [6.07, 6.45) is 1.50. The predicted octanol–water partition coefficient (Wildman–Crippen LogP) is 3.72. The van der Waals surface area contributed by atoms with Gasteiger partial charge >= 0.3 is 0 Å². The Morgan fingerprint density at radius 1 is 0.833 bits per heavy atom. The van der Waals surface area contributed by atoms with E-state index in [1.54, 1.807) is 68.8 Å². The number of hydrogen-bond acceptors (Lipinski definition) is 5. The second kappa shape index (κ2) is 9.88. The van der Waals surface area contributed by atoms with E-state index in [0.29, 0.717) is 22.7 Å². The number of benzene rings is 3. The maximum absolute atomic E-state index is 12.6. The van der Waals surface area contributed by atoms with Crippen molar-refractivity contribution in [2.24, 2.45) is 5.10 Å². The van der Waals surface area contributed by atoms with Crippen molar-refractivity contribution in [2.75, 3.05) is 19.5 Å². The Balaban J connectivity index is 1.71. The number of nitrogens with zero attached hydrogens (tertiary/aromatic N) is 1. The molecule has 3 aromatic rings. The van der Waals surface area contributed by atoms with Gasteiger partial charge in [-0.25, -0.2) is 5.43 Å². The maximum atomic E-state index is 12.6. The van der Waals surface area contributed by atoms with Gasteiger partial charge in [0, 0.05) is 11.1 Å². The molecule has 30 heavy (non-hydrogen) atoms. The number of carbonyl (C=O) groups is 2. The number of rotatable bonds is 7. The molecule has 0 aliphatic carbocycles. The molecular formula is C23H21N3O4. The SMILES string of the molecule is COc1ccc(C(=O)Nc2ccccc2C(=O)NN=Cc2ccccc2OC)cc1. The maximum Gasteiger partial charge on any atom is 0.273 e. The Morgan fingerprint density at radius 2 is 1.53 bits per heavy atom. The number of nitrogens with one attached hydrogen (secondary N) is 2. The van der Waals surface area contributed by atoms with E-state index in [-0.39, 0.29) is 11.5 Å². The van der Waals surface area contributed by atoms with Gasteiger partial charge in [-0.1, -0.05) is 24.3 Å². The zero-order valence-corrected chi connectivity index (χ0v) is 16.6. The number of amides is 2. The summed E-state index contributed by atoms with van der Waals surface area (Å²) >= 11 is 0. The Kier molecular flexibility index (Phi) is 6.78. The van der Waals surface area contributed by atoms with Gasteiger partial charge in [-0.2, -0.15) is 5.10 Å². The van der Waals surface area contributed by atoms with Gasteiger partial charge in [-0.3, -0.25) is 9.59 Å². The summed E-state index contributed by atoms with van der Waals surface area (Å²) in [7, 11) is 3.12. The summed E-state index contributed by atoms with van der Waals surface area (Å²) in [6.45, 7) is 0. The quantitative estimate of drug-likeness (QED) is 0.465. The van der Waals surface area contributed by atoms with Crippen molar-refractivity contribution < 1.29 is 19.1 Å². The van der Waals surface area contributed by atoms with E-state index in [1.165, 1.54) is 6.21 Å². The van der Waals surface area contributed by atoms with E-state index in [1.807, 2.05) is 18.2 Å². The minimum absolute atomic E-state index is 0.288. The fourth-order valence-electron chi connectivity index (χ4n) is 2.72. The summed E-state index contributed by atoms with van der Waals surface area (Å²) in [4.78, 5) is 25.1. The van der Waals surface area contributed by atoms with Crippen LogP contribution in [0.4, 0.5) is 5.69 Å². The van der Waals surface area contributed by atoms with Crippen molar-refractivity contribution in [3.8, 4) is 11.5 Å². The topological polar surface area (TPSA) is 89.0 Å². The molecule has 2 N–H and O–H groups in total. The van der Waals surface area contributed by atoms with Crippen LogP contribution in [0.15, 0.2) is 77.9 Å². The van der Waals surface area contributed by atoms with Crippen LogP contribution in [0.3, 0.4) is 0 Å². The Hall–Kier alpha value is -4.13. The molecule has 152 valence electrons. The highest BCUT2D eigenvalue weighted by Gasteiger charge is 2.14. The molecule has 0 saturated carbocycles. The lowest BCUT2D eigenvalue weighted by molar-refractivity contribution is 0.0956. The number of anilines is 1. The minimum Gasteiger partial charge on any atom is -0.497 e. The van der Waals surface area contributed by atoms with Crippen LogP contribution in [0.2, 0.25) is 0 Å². The summed E-state index contributed by atoms with van der Waals surface area (Å²) in [5.74, 6) is 0.504. The van der Waals surface area contributed by atoms with Crippen molar-refractivity contribution in [1.82, 2.24) is 5.43 Å². The lowest BCUT2D eigenvalue weighted by Gasteiger charge is -2.10. The lowest BCUT2D eigenvalue weighted by Crippen LogP contribution is -2.21. The fraction of sp³-hybridized carbons (Fsp3) is 0.0870. The zero-order valence-electron chi connectivity index (χ0n) is 16.6. The smallest absolute Gasteiger partial charge is 0.273 e. The van der Waals surface area contributed by atoms with E-state index >= 15 is 0 Å². The van der Waals surface area contributed by atoms with Gasteiger partial charge in [0.25, 0.3) is 11.8 Å². The molecule has 0 aromatic heterocycles. The molecule has 3 aromatic carbocycles. The third kappa shape index (κ3) is 5.02. The molecule has 2 amide bonds. The van der Waals surface area contributed by atoms with Crippen molar-refractivity contribution in [3.05, 3.63) is 89.5 Å². The van der Waals surface area contributed by atoms with Crippen LogP contribution in [0.25, 0.3) is 0 Å². The molecule has 0 aliphatic rings. The number of hydrogen-bond donors (Lipinski definition) is 2. The average molecular weight is 403 g/mol. The van der Waals surface area contributed by atoms with Gasteiger partial charge in [0.05, 0.1) is 31.7 Å². The summed E-state index contributed by atoms with van der Waals surface area (Å²) in [5.41, 5.74) is 4.31. The third-order valence-electron chi connectivity index (χ3n) is 4.28. The first-order valence-electron chi connectivity index (χ1n) is 9.13. The van der Waals surface area contributed by atoms with Crippen LogP contribution in [-0.2, 0) is 0 Å². The molecule has 3 rings (SSSR count). The monoisotopic (exact) mass is 403 g/mol. The van der Waals surface area contributed by atoms with Crippen LogP contribution >= 0.6 is 0 Å². The van der Waals surface area contributed by atoms with Gasteiger partial charge in [-0.15, -0.1) is 0 Å². The highest BCUT2D eigenvalue weighted by molar-refractivity contribution is 6.09. The van der Waals surface area contributed by atoms with E-state index in [9.17, 15) is 9.59 Å². The molecular weight excluding hydrogens is 382 g/mol. The first-order chi connectivity index (χ1) is 14.6. The molecule has 7 nitrogen and oxygen atoms in total. The summed E-state index contributed by atoms with van der Waals surface area (Å²) in [6, 6.07) is 20.7. The molecule has 0 bridgehead atoms. The Bertz CT molecular complexity index is 1060. The van der Waals surface area contributed by atoms with Gasteiger partial charge in [-0.05, 0) is 48.5 Å². The van der Waals surface area contributed by atoms with Crippen LogP contribution in [0.1, 0.15) is 26.3 Å². The highest BCUT2D eigenvalue weighted by Crippen LogP contribution is 2.18.